The minimum Gasteiger partial charge on any atom is -0.495 e. The van der Waals surface area contributed by atoms with Gasteiger partial charge in [0.25, 0.3) is 0 Å². The molecule has 0 spiro atoms. The largest absolute Gasteiger partial charge is 0.495 e. The second-order valence-electron chi connectivity index (χ2n) is 7.95. The summed E-state index contributed by atoms with van der Waals surface area (Å²) in [6.45, 7) is 2.95. The van der Waals surface area contributed by atoms with Gasteiger partial charge in [-0.1, -0.05) is 24.3 Å². The molecule has 2 aliphatic rings. The Morgan fingerprint density at radius 1 is 0.944 bits per heavy atom. The lowest BCUT2D eigenvalue weighted by Gasteiger charge is -2.27. The third-order valence-electron chi connectivity index (χ3n) is 5.42. The van der Waals surface area contributed by atoms with Crippen LogP contribution in [-0.2, 0) is 14.6 Å². The number of isocyanates is 1. The Morgan fingerprint density at radius 2 is 1.53 bits per heavy atom. The van der Waals surface area contributed by atoms with Gasteiger partial charge in [0, 0.05) is 26.2 Å². The summed E-state index contributed by atoms with van der Waals surface area (Å²) in [6, 6.07) is 14.4. The van der Waals surface area contributed by atoms with Crippen molar-refractivity contribution in [3.05, 3.63) is 48.5 Å². The molecule has 0 bridgehead atoms. The molecular weight excluding hydrogens is 484 g/mol. The number of nitrogens with zero attached hydrogens (tertiary/aromatic N) is 2. The summed E-state index contributed by atoms with van der Waals surface area (Å²) >= 11 is 0. The summed E-state index contributed by atoms with van der Waals surface area (Å²) in [5.41, 5.74) is 1.23. The Labute approximate surface area is 212 Å². The second kappa shape index (κ2) is 15.6. The molecule has 2 aromatic carbocycles. The van der Waals surface area contributed by atoms with E-state index in [2.05, 4.69) is 15.6 Å². The van der Waals surface area contributed by atoms with E-state index in [1.807, 2.05) is 35.2 Å². The van der Waals surface area contributed by atoms with Crippen molar-refractivity contribution in [2.45, 2.75) is 19.3 Å². The number of likely N-dealkylation sites (tertiary alicyclic amines) is 1. The molecule has 0 unspecified atom stereocenters. The smallest absolute Gasteiger partial charge is 0.321 e. The molecule has 2 amide bonds. The first kappa shape index (κ1) is 28.8. The van der Waals surface area contributed by atoms with Crippen LogP contribution in [0, 0.1) is 0 Å². The van der Waals surface area contributed by atoms with Gasteiger partial charge in [-0.15, -0.1) is 0 Å². The number of hydrogen-bond donors (Lipinski definition) is 2. The number of carbonyl (C=O) groups is 1. The molecule has 36 heavy (non-hydrogen) atoms. The van der Waals surface area contributed by atoms with Gasteiger partial charge in [-0.3, -0.25) is 0 Å². The number of hydrogen-bond acceptors (Lipinski definition) is 8. The average molecular weight is 519 g/mol. The predicted molar refractivity (Wildman–Crippen MR) is 140 cm³/mol. The normalized spacial score (nSPS) is 16.0. The monoisotopic (exact) mass is 518 g/mol. The van der Waals surface area contributed by atoms with Crippen molar-refractivity contribution >= 4 is 33.3 Å². The molecule has 10 nitrogen and oxygen atoms in total. The van der Waals surface area contributed by atoms with Crippen molar-refractivity contribution in [2.24, 2.45) is 4.99 Å². The van der Waals surface area contributed by atoms with Crippen molar-refractivity contribution in [2.75, 3.05) is 57.2 Å². The van der Waals surface area contributed by atoms with Crippen LogP contribution in [0.25, 0.3) is 0 Å². The summed E-state index contributed by atoms with van der Waals surface area (Å²) in [5.74, 6) is 1.90. The fourth-order valence-electron chi connectivity index (χ4n) is 3.49. The molecular formula is C25H34N4O6S. The molecule has 2 N–H and O–H groups in total. The first-order valence-electron chi connectivity index (χ1n) is 11.7. The number of sulfone groups is 1. The van der Waals surface area contributed by atoms with E-state index < -0.39 is 9.84 Å². The van der Waals surface area contributed by atoms with Gasteiger partial charge >= 0.3 is 6.03 Å². The lowest BCUT2D eigenvalue weighted by molar-refractivity contribution is 0.200. The number of nitrogens with one attached hydrogen (secondary N) is 2. The topological polar surface area (TPSA) is 126 Å². The van der Waals surface area contributed by atoms with Crippen molar-refractivity contribution in [1.82, 2.24) is 10.2 Å². The zero-order valence-electron chi connectivity index (χ0n) is 20.7. The average Bonchev–Trinajstić information content (AvgIpc) is 2.90. The van der Waals surface area contributed by atoms with E-state index >= 15 is 0 Å². The minimum atomic E-state index is -2.65. The lowest BCUT2D eigenvalue weighted by Crippen LogP contribution is -2.38. The van der Waals surface area contributed by atoms with Gasteiger partial charge in [0.1, 0.15) is 17.2 Å². The quantitative estimate of drug-likeness (QED) is 0.469. The van der Waals surface area contributed by atoms with Crippen LogP contribution >= 0.6 is 0 Å². The first-order chi connectivity index (χ1) is 17.4. The number of carbonyl (C=O) groups excluding carboxylic acids is 2. The Hall–Kier alpha value is -3.40. The van der Waals surface area contributed by atoms with Crippen LogP contribution in [0.1, 0.15) is 19.3 Å². The number of aliphatic imine (C=N–C) groups is 1. The van der Waals surface area contributed by atoms with E-state index in [1.54, 1.807) is 25.3 Å². The molecule has 0 radical (unpaired) electrons. The van der Waals surface area contributed by atoms with Gasteiger partial charge in [-0.05, 0) is 43.5 Å². The van der Waals surface area contributed by atoms with Crippen LogP contribution in [-0.4, -0.2) is 77.3 Å². The predicted octanol–water partition coefficient (Wildman–Crippen LogP) is 3.38. The third-order valence-corrected chi connectivity index (χ3v) is 7.08. The molecule has 2 aliphatic heterocycles. The fraction of sp³-hybridized carbons (Fsp3) is 0.440. The zero-order valence-corrected chi connectivity index (χ0v) is 21.6. The van der Waals surface area contributed by atoms with Gasteiger partial charge in [0.05, 0.1) is 31.4 Å². The Morgan fingerprint density at radius 3 is 2.08 bits per heavy atom. The number of amides is 2. The fourth-order valence-corrected chi connectivity index (χ4v) is 4.61. The number of ether oxygens (including phenoxy) is 2. The number of rotatable bonds is 4. The highest BCUT2D eigenvalue weighted by Gasteiger charge is 2.17. The maximum absolute atomic E-state index is 12.0. The molecule has 4 rings (SSSR count). The number of benzene rings is 2. The maximum atomic E-state index is 12.0. The molecule has 2 aromatic rings. The Bertz CT molecular complexity index is 1100. The van der Waals surface area contributed by atoms with Gasteiger partial charge < -0.3 is 25.0 Å². The van der Waals surface area contributed by atoms with E-state index in [1.165, 1.54) is 19.6 Å². The van der Waals surface area contributed by atoms with Gasteiger partial charge in [0.2, 0.25) is 6.08 Å². The number of methoxy groups -OCH3 is 2. The number of para-hydroxylation sites is 4. The molecule has 0 saturated carbocycles. The van der Waals surface area contributed by atoms with Gasteiger partial charge in [-0.2, -0.15) is 4.99 Å². The van der Waals surface area contributed by atoms with Crippen LogP contribution in [0.4, 0.5) is 16.2 Å². The van der Waals surface area contributed by atoms with Crippen LogP contribution < -0.4 is 20.1 Å². The molecule has 2 heterocycles. The van der Waals surface area contributed by atoms with Crippen molar-refractivity contribution in [3.8, 4) is 11.5 Å². The molecule has 2 fully saturated rings. The molecule has 11 heteroatoms. The molecule has 196 valence electrons. The van der Waals surface area contributed by atoms with E-state index in [0.717, 1.165) is 31.6 Å². The highest BCUT2D eigenvalue weighted by molar-refractivity contribution is 7.91. The summed E-state index contributed by atoms with van der Waals surface area (Å²) in [4.78, 5) is 27.2. The van der Waals surface area contributed by atoms with Crippen molar-refractivity contribution in [1.29, 1.82) is 0 Å². The Kier molecular flexibility index (Phi) is 12.5. The first-order valence-corrected chi connectivity index (χ1v) is 13.5. The minimum absolute atomic E-state index is 0.0331. The molecule has 0 atom stereocenters. The van der Waals surface area contributed by atoms with E-state index in [9.17, 15) is 18.0 Å². The summed E-state index contributed by atoms with van der Waals surface area (Å²) < 4.78 is 31.3. The highest BCUT2D eigenvalue weighted by atomic mass is 32.2. The van der Waals surface area contributed by atoms with Gasteiger partial charge in [-0.25, -0.2) is 18.0 Å². The Balaban J connectivity index is 0.000000206. The second-order valence-corrected chi connectivity index (χ2v) is 10.3. The summed E-state index contributed by atoms with van der Waals surface area (Å²) in [7, 11) is 0.485. The number of piperidine rings is 1. The highest BCUT2D eigenvalue weighted by Crippen LogP contribution is 2.25. The van der Waals surface area contributed by atoms with Crippen LogP contribution in [0.2, 0.25) is 0 Å². The van der Waals surface area contributed by atoms with E-state index in [-0.39, 0.29) is 6.03 Å². The zero-order chi connectivity index (χ0) is 26.2. The van der Waals surface area contributed by atoms with Crippen LogP contribution in [0.5, 0.6) is 11.5 Å². The maximum Gasteiger partial charge on any atom is 0.321 e. The lowest BCUT2D eigenvalue weighted by atomic mass is 10.1. The summed E-state index contributed by atoms with van der Waals surface area (Å²) in [5, 5.41) is 5.85. The van der Waals surface area contributed by atoms with Crippen LogP contribution in [0.3, 0.4) is 0 Å². The van der Waals surface area contributed by atoms with Crippen molar-refractivity contribution < 1.29 is 27.5 Å². The SMILES string of the molecule is COc1ccccc1N=C=O.COc1ccccc1NC(=O)N1CCCCC1.O=S1(=O)CCNCC1. The van der Waals surface area contributed by atoms with Gasteiger partial charge in [0.15, 0.2) is 9.84 Å². The van der Waals surface area contributed by atoms with Crippen LogP contribution in [0.15, 0.2) is 53.5 Å². The standard InChI is InChI=1S/C13H18N2O2.C8H7NO2.C4H9NO2S/c1-17-12-8-4-3-7-11(12)14-13(16)15-9-5-2-6-10-15;1-11-8-5-3-2-4-7(8)9-6-10;6-8(7)3-1-5-2-4-8/h3-4,7-8H,2,5-6,9-10H2,1H3,(H,14,16);2-5H,1H3;5H,1-4H2. The summed E-state index contributed by atoms with van der Waals surface area (Å²) in [6.07, 6.45) is 4.87. The van der Waals surface area contributed by atoms with Crippen molar-refractivity contribution in [3.63, 3.8) is 0 Å². The number of anilines is 1. The molecule has 0 aromatic heterocycles. The molecule has 2 saturated heterocycles. The third kappa shape index (κ3) is 10.1. The van der Waals surface area contributed by atoms with E-state index in [0.29, 0.717) is 41.8 Å². The van der Waals surface area contributed by atoms with E-state index in [4.69, 9.17) is 9.47 Å². The molecule has 0 aliphatic carbocycles. The number of urea groups is 1.